The molecule has 3 amide bonds. The van der Waals surface area contributed by atoms with Crippen molar-refractivity contribution in [1.82, 2.24) is 0 Å². The zero-order valence-electron chi connectivity index (χ0n) is 12.7. The van der Waals surface area contributed by atoms with Crippen LogP contribution in [0.5, 0.6) is 11.5 Å². The fourth-order valence-corrected chi connectivity index (χ4v) is 2.47. The van der Waals surface area contributed by atoms with Gasteiger partial charge in [-0.3, -0.25) is 19.2 Å². The van der Waals surface area contributed by atoms with E-state index in [0.29, 0.717) is 4.90 Å². The second kappa shape index (κ2) is 6.08. The lowest BCUT2D eigenvalue weighted by atomic mass is 10.1. The zero-order chi connectivity index (χ0) is 18.1. The number of hydrogen-bond donors (Lipinski definition) is 3. The van der Waals surface area contributed by atoms with E-state index in [2.05, 4.69) is 5.32 Å². The fraction of sp³-hybridized carbons (Fsp3) is 0.0588. The normalized spacial score (nSPS) is 17.0. The smallest absolute Gasteiger partial charge is 0.302 e. The van der Waals surface area contributed by atoms with Crippen molar-refractivity contribution in [3.05, 3.63) is 48.5 Å². The highest BCUT2D eigenvalue weighted by molar-refractivity contribution is 6.60. The topological polar surface area (TPSA) is 124 Å². The maximum absolute atomic E-state index is 12.4. The number of ketones is 1. The van der Waals surface area contributed by atoms with E-state index < -0.39 is 29.4 Å². The van der Waals surface area contributed by atoms with Crippen LogP contribution in [0.15, 0.2) is 48.5 Å². The first-order chi connectivity index (χ1) is 11.9. The van der Waals surface area contributed by atoms with Gasteiger partial charge in [-0.05, 0) is 24.3 Å². The number of carbonyl (C=O) groups excluding carboxylic acids is 4. The van der Waals surface area contributed by atoms with E-state index in [9.17, 15) is 29.4 Å². The van der Waals surface area contributed by atoms with Gasteiger partial charge in [-0.2, -0.15) is 0 Å². The van der Waals surface area contributed by atoms with E-state index in [-0.39, 0.29) is 22.9 Å². The van der Waals surface area contributed by atoms with Gasteiger partial charge in [-0.1, -0.05) is 24.3 Å². The number of anilines is 2. The van der Waals surface area contributed by atoms with Crippen molar-refractivity contribution < 1.29 is 29.4 Å². The number of benzene rings is 2. The summed E-state index contributed by atoms with van der Waals surface area (Å²) in [6.45, 7) is 0. The summed E-state index contributed by atoms with van der Waals surface area (Å²) >= 11 is 0. The summed E-state index contributed by atoms with van der Waals surface area (Å²) in [5.41, 5.74) is -0.176. The minimum atomic E-state index is -1.88. The molecule has 3 N–H and O–H groups in total. The standard InChI is InChI=1S/C17H12N2O6/c20-11-7-3-1-5-9(11)18-15(23)13-14(22)17(25)19(16(13)24)10-6-2-4-8-12(10)21/h1-8,13,20-21H,(H,18,23)/t13-/m0/s1. The second-order valence-corrected chi connectivity index (χ2v) is 5.27. The Balaban J connectivity index is 1.91. The Bertz CT molecular complexity index is 908. The van der Waals surface area contributed by atoms with Gasteiger partial charge < -0.3 is 15.5 Å². The average Bonchev–Trinajstić information content (AvgIpc) is 2.80. The van der Waals surface area contributed by atoms with E-state index >= 15 is 0 Å². The number of hydrogen-bond acceptors (Lipinski definition) is 6. The summed E-state index contributed by atoms with van der Waals surface area (Å²) in [6, 6.07) is 11.2. The average molecular weight is 340 g/mol. The second-order valence-electron chi connectivity index (χ2n) is 5.27. The molecule has 25 heavy (non-hydrogen) atoms. The molecule has 8 heteroatoms. The van der Waals surface area contributed by atoms with Crippen LogP contribution in [-0.2, 0) is 19.2 Å². The van der Waals surface area contributed by atoms with Gasteiger partial charge in [0.25, 0.3) is 5.91 Å². The molecule has 0 unspecified atom stereocenters. The first-order valence-corrected chi connectivity index (χ1v) is 7.21. The van der Waals surface area contributed by atoms with Crippen LogP contribution < -0.4 is 10.2 Å². The van der Waals surface area contributed by atoms with Crippen molar-refractivity contribution in [3.8, 4) is 11.5 Å². The number of amides is 3. The van der Waals surface area contributed by atoms with Crippen LogP contribution in [0.2, 0.25) is 0 Å². The van der Waals surface area contributed by atoms with Crippen molar-refractivity contribution in [2.24, 2.45) is 5.92 Å². The van der Waals surface area contributed by atoms with Gasteiger partial charge >= 0.3 is 5.91 Å². The van der Waals surface area contributed by atoms with E-state index in [1.807, 2.05) is 0 Å². The first-order valence-electron chi connectivity index (χ1n) is 7.21. The monoisotopic (exact) mass is 340 g/mol. The van der Waals surface area contributed by atoms with Gasteiger partial charge in [0.15, 0.2) is 5.92 Å². The maximum atomic E-state index is 12.4. The molecule has 1 saturated heterocycles. The molecule has 0 bridgehead atoms. The molecule has 1 aliphatic heterocycles. The Morgan fingerprint density at radius 1 is 0.920 bits per heavy atom. The molecule has 0 saturated carbocycles. The predicted octanol–water partition coefficient (Wildman–Crippen LogP) is 0.795. The highest BCUT2D eigenvalue weighted by Crippen LogP contribution is 2.32. The molecule has 8 nitrogen and oxygen atoms in total. The third kappa shape index (κ3) is 2.69. The van der Waals surface area contributed by atoms with E-state index in [4.69, 9.17) is 0 Å². The molecule has 3 rings (SSSR count). The Hall–Kier alpha value is -3.68. The maximum Gasteiger partial charge on any atom is 0.302 e. The van der Waals surface area contributed by atoms with Crippen LogP contribution in [-0.4, -0.2) is 33.7 Å². The number of carbonyl (C=O) groups is 4. The minimum absolute atomic E-state index is 0.00144. The number of rotatable bonds is 3. The highest BCUT2D eigenvalue weighted by atomic mass is 16.3. The number of phenols is 2. The Morgan fingerprint density at radius 3 is 2.16 bits per heavy atom. The third-order valence-electron chi connectivity index (χ3n) is 3.69. The van der Waals surface area contributed by atoms with Gasteiger partial charge in [-0.15, -0.1) is 0 Å². The number of nitrogens with zero attached hydrogens (tertiary/aromatic N) is 1. The molecule has 2 aromatic carbocycles. The molecule has 1 heterocycles. The summed E-state index contributed by atoms with van der Waals surface area (Å²) in [6.07, 6.45) is 0. The van der Waals surface area contributed by atoms with E-state index in [1.165, 1.54) is 48.5 Å². The summed E-state index contributed by atoms with van der Waals surface area (Å²) in [7, 11) is 0. The largest absolute Gasteiger partial charge is 0.506 e. The lowest BCUT2D eigenvalue weighted by Crippen LogP contribution is -2.34. The molecule has 0 aliphatic carbocycles. The van der Waals surface area contributed by atoms with Gasteiger partial charge in [0.2, 0.25) is 11.7 Å². The van der Waals surface area contributed by atoms with E-state index in [1.54, 1.807) is 0 Å². The lowest BCUT2D eigenvalue weighted by molar-refractivity contribution is -0.139. The van der Waals surface area contributed by atoms with Crippen LogP contribution in [0.4, 0.5) is 11.4 Å². The molecule has 1 fully saturated rings. The fourth-order valence-electron chi connectivity index (χ4n) is 2.47. The molecule has 126 valence electrons. The van der Waals surface area contributed by atoms with Crippen molar-refractivity contribution >= 4 is 34.9 Å². The minimum Gasteiger partial charge on any atom is -0.506 e. The Morgan fingerprint density at radius 2 is 1.52 bits per heavy atom. The Labute approximate surface area is 141 Å². The van der Waals surface area contributed by atoms with Gasteiger partial charge in [0.05, 0.1) is 11.4 Å². The van der Waals surface area contributed by atoms with Crippen molar-refractivity contribution in [3.63, 3.8) is 0 Å². The quantitative estimate of drug-likeness (QED) is 0.328. The van der Waals surface area contributed by atoms with Crippen LogP contribution >= 0.6 is 0 Å². The first kappa shape index (κ1) is 16.2. The predicted molar refractivity (Wildman–Crippen MR) is 85.8 cm³/mol. The SMILES string of the molecule is O=C(Nc1ccccc1O)[C@@H]1C(=O)C(=O)N(c2ccccc2O)C1=O. The number of imide groups is 1. The van der Waals surface area contributed by atoms with Gasteiger partial charge in [-0.25, -0.2) is 4.90 Å². The van der Waals surface area contributed by atoms with E-state index in [0.717, 1.165) is 0 Å². The van der Waals surface area contributed by atoms with Gasteiger partial charge in [0, 0.05) is 0 Å². The van der Waals surface area contributed by atoms with Crippen LogP contribution in [0, 0.1) is 5.92 Å². The third-order valence-corrected chi connectivity index (χ3v) is 3.69. The molecule has 0 spiro atoms. The molecule has 0 radical (unpaired) electrons. The number of Topliss-reactive ketones (excluding diaryl/α,β-unsaturated/α-hetero) is 1. The number of phenolic OH excluding ortho intramolecular Hbond substituents is 2. The van der Waals surface area contributed by atoms with Crippen LogP contribution in [0.1, 0.15) is 0 Å². The summed E-state index contributed by atoms with van der Waals surface area (Å²) in [4.78, 5) is 49.4. The van der Waals surface area contributed by atoms with Crippen molar-refractivity contribution in [1.29, 1.82) is 0 Å². The summed E-state index contributed by atoms with van der Waals surface area (Å²) in [5, 5.41) is 21.7. The highest BCUT2D eigenvalue weighted by Gasteiger charge is 2.52. The van der Waals surface area contributed by atoms with Gasteiger partial charge in [0.1, 0.15) is 11.5 Å². The van der Waals surface area contributed by atoms with Crippen LogP contribution in [0.25, 0.3) is 0 Å². The molecule has 2 aromatic rings. The van der Waals surface area contributed by atoms with Crippen LogP contribution in [0.3, 0.4) is 0 Å². The summed E-state index contributed by atoms with van der Waals surface area (Å²) in [5.74, 6) is -7.03. The molecule has 0 aromatic heterocycles. The number of aromatic hydroxyl groups is 2. The lowest BCUT2D eigenvalue weighted by Gasteiger charge is -2.15. The number of para-hydroxylation sites is 4. The molecule has 1 aliphatic rings. The molecular weight excluding hydrogens is 328 g/mol. The Kier molecular flexibility index (Phi) is 3.94. The zero-order valence-corrected chi connectivity index (χ0v) is 12.7. The van der Waals surface area contributed by atoms with Crippen molar-refractivity contribution in [2.75, 3.05) is 10.2 Å². The van der Waals surface area contributed by atoms with Crippen molar-refractivity contribution in [2.45, 2.75) is 0 Å². The molecule has 1 atom stereocenters. The summed E-state index contributed by atoms with van der Waals surface area (Å²) < 4.78 is 0. The number of nitrogens with one attached hydrogen (secondary N) is 1. The molecular formula is C17H12N2O6.